The normalized spacial score (nSPS) is 15.0. The van der Waals surface area contributed by atoms with E-state index in [1.807, 2.05) is 34.7 Å². The van der Waals surface area contributed by atoms with Crippen molar-refractivity contribution in [1.82, 2.24) is 9.88 Å². The van der Waals surface area contributed by atoms with Crippen LogP contribution in [0.3, 0.4) is 0 Å². The summed E-state index contributed by atoms with van der Waals surface area (Å²) in [6.07, 6.45) is 2.75. The minimum atomic E-state index is 0.0128. The summed E-state index contributed by atoms with van der Waals surface area (Å²) in [4.78, 5) is 20.9. The van der Waals surface area contributed by atoms with Gasteiger partial charge in [0.25, 0.3) is 5.91 Å². The molecule has 0 radical (unpaired) electrons. The number of carbonyl (C=O) groups is 1. The lowest BCUT2D eigenvalue weighted by Gasteiger charge is -2.21. The number of nitrogens with zero attached hydrogens (tertiary/aromatic N) is 3. The zero-order valence-electron chi connectivity index (χ0n) is 13.7. The first-order valence-electron chi connectivity index (χ1n) is 7.95. The number of ether oxygens (including phenoxy) is 2. The molecule has 128 valence electrons. The molecule has 0 aliphatic carbocycles. The molecule has 2 heterocycles. The van der Waals surface area contributed by atoms with Gasteiger partial charge in [0.1, 0.15) is 11.5 Å². The Hall–Kier alpha value is -2.28. The highest BCUT2D eigenvalue weighted by molar-refractivity contribution is 7.13. The molecule has 0 spiro atoms. The van der Waals surface area contributed by atoms with Crippen LogP contribution in [0.4, 0.5) is 5.13 Å². The van der Waals surface area contributed by atoms with E-state index in [-0.39, 0.29) is 12.5 Å². The van der Waals surface area contributed by atoms with Gasteiger partial charge in [-0.25, -0.2) is 4.98 Å². The molecule has 2 aromatic rings. The third-order valence-electron chi connectivity index (χ3n) is 3.94. The summed E-state index contributed by atoms with van der Waals surface area (Å²) in [5, 5.41) is 3.00. The molecule has 1 amide bonds. The van der Waals surface area contributed by atoms with Crippen molar-refractivity contribution in [3.05, 3.63) is 35.8 Å². The first-order chi connectivity index (χ1) is 11.8. The van der Waals surface area contributed by atoms with E-state index in [1.165, 1.54) is 0 Å². The number of aromatic nitrogens is 1. The van der Waals surface area contributed by atoms with E-state index < -0.39 is 0 Å². The van der Waals surface area contributed by atoms with Crippen LogP contribution in [-0.4, -0.2) is 55.7 Å². The van der Waals surface area contributed by atoms with Gasteiger partial charge in [-0.2, -0.15) is 0 Å². The minimum absolute atomic E-state index is 0.0128. The maximum Gasteiger partial charge on any atom is 0.260 e. The van der Waals surface area contributed by atoms with E-state index in [0.29, 0.717) is 18.0 Å². The van der Waals surface area contributed by atoms with Gasteiger partial charge in [-0.3, -0.25) is 4.79 Å². The zero-order chi connectivity index (χ0) is 16.8. The lowest BCUT2D eigenvalue weighted by molar-refractivity contribution is -0.133. The Morgan fingerprint density at radius 3 is 2.92 bits per heavy atom. The number of amides is 1. The average Bonchev–Trinajstić information content (AvgIpc) is 3.04. The third kappa shape index (κ3) is 4.17. The van der Waals surface area contributed by atoms with Gasteiger partial charge in [-0.15, -0.1) is 11.3 Å². The van der Waals surface area contributed by atoms with Crippen molar-refractivity contribution in [2.45, 2.75) is 6.42 Å². The molecule has 3 rings (SSSR count). The number of hydrogen-bond acceptors (Lipinski definition) is 6. The lowest BCUT2D eigenvalue weighted by atomic mass is 10.3. The Kier molecular flexibility index (Phi) is 5.53. The lowest BCUT2D eigenvalue weighted by Crippen LogP contribution is -2.38. The fraction of sp³-hybridized carbons (Fsp3) is 0.412. The maximum absolute atomic E-state index is 12.4. The summed E-state index contributed by atoms with van der Waals surface area (Å²) in [5.41, 5.74) is 0. The second-order valence-electron chi connectivity index (χ2n) is 5.50. The number of rotatable bonds is 5. The highest BCUT2D eigenvalue weighted by Gasteiger charge is 2.20. The van der Waals surface area contributed by atoms with Crippen LogP contribution in [0.15, 0.2) is 35.8 Å². The van der Waals surface area contributed by atoms with E-state index in [0.717, 1.165) is 31.2 Å². The average molecular weight is 347 g/mol. The quantitative estimate of drug-likeness (QED) is 0.830. The van der Waals surface area contributed by atoms with Crippen molar-refractivity contribution < 1.29 is 14.3 Å². The SMILES string of the molecule is COc1cccc(OCC(=O)N2CCCN(c3nccs3)CC2)c1. The predicted octanol–water partition coefficient (Wildman–Crippen LogP) is 2.27. The fourth-order valence-electron chi connectivity index (χ4n) is 2.66. The molecule has 1 aliphatic heterocycles. The van der Waals surface area contributed by atoms with Gasteiger partial charge in [0.05, 0.1) is 7.11 Å². The second-order valence-corrected chi connectivity index (χ2v) is 6.38. The number of anilines is 1. The number of benzene rings is 1. The number of carbonyl (C=O) groups excluding carboxylic acids is 1. The molecule has 1 aromatic carbocycles. The van der Waals surface area contributed by atoms with Crippen molar-refractivity contribution in [1.29, 1.82) is 0 Å². The van der Waals surface area contributed by atoms with Crippen LogP contribution < -0.4 is 14.4 Å². The summed E-state index contributed by atoms with van der Waals surface area (Å²) >= 11 is 1.63. The molecule has 1 aromatic heterocycles. The first-order valence-corrected chi connectivity index (χ1v) is 8.83. The first kappa shape index (κ1) is 16.6. The van der Waals surface area contributed by atoms with Crippen LogP contribution >= 0.6 is 11.3 Å². The van der Waals surface area contributed by atoms with E-state index >= 15 is 0 Å². The van der Waals surface area contributed by atoms with Gasteiger partial charge < -0.3 is 19.3 Å². The summed E-state index contributed by atoms with van der Waals surface area (Å²) in [5.74, 6) is 1.37. The Balaban J connectivity index is 1.51. The zero-order valence-corrected chi connectivity index (χ0v) is 14.5. The monoisotopic (exact) mass is 347 g/mol. The molecule has 0 atom stereocenters. The van der Waals surface area contributed by atoms with Gasteiger partial charge in [0.2, 0.25) is 0 Å². The number of methoxy groups -OCH3 is 1. The highest BCUT2D eigenvalue weighted by Crippen LogP contribution is 2.20. The largest absolute Gasteiger partial charge is 0.497 e. The molecule has 0 bridgehead atoms. The van der Waals surface area contributed by atoms with Crippen LogP contribution in [0, 0.1) is 0 Å². The van der Waals surface area contributed by atoms with Gasteiger partial charge in [-0.1, -0.05) is 6.07 Å². The molecule has 0 unspecified atom stereocenters. The Morgan fingerprint density at radius 2 is 2.12 bits per heavy atom. The van der Waals surface area contributed by atoms with Gasteiger partial charge in [0, 0.05) is 43.8 Å². The Labute approximate surface area is 145 Å². The van der Waals surface area contributed by atoms with E-state index in [4.69, 9.17) is 9.47 Å². The van der Waals surface area contributed by atoms with Crippen molar-refractivity contribution in [3.8, 4) is 11.5 Å². The minimum Gasteiger partial charge on any atom is -0.497 e. The summed E-state index contributed by atoms with van der Waals surface area (Å²) in [6.45, 7) is 3.22. The Morgan fingerprint density at radius 1 is 1.25 bits per heavy atom. The number of hydrogen-bond donors (Lipinski definition) is 0. The van der Waals surface area contributed by atoms with Crippen LogP contribution in [0.2, 0.25) is 0 Å². The summed E-state index contributed by atoms with van der Waals surface area (Å²) < 4.78 is 10.8. The van der Waals surface area contributed by atoms with E-state index in [9.17, 15) is 4.79 Å². The van der Waals surface area contributed by atoms with Gasteiger partial charge in [0.15, 0.2) is 11.7 Å². The standard InChI is InChI=1S/C17H21N3O3S/c1-22-14-4-2-5-15(12-14)23-13-16(21)19-7-3-8-20(10-9-19)17-18-6-11-24-17/h2,4-6,11-12H,3,7-10,13H2,1H3. The van der Waals surface area contributed by atoms with Crippen LogP contribution in [0.5, 0.6) is 11.5 Å². The molecule has 6 nitrogen and oxygen atoms in total. The van der Waals surface area contributed by atoms with Crippen molar-refractivity contribution in [2.75, 3.05) is 44.8 Å². The molecule has 1 aliphatic rings. The molecule has 1 fully saturated rings. The van der Waals surface area contributed by atoms with Crippen LogP contribution in [-0.2, 0) is 4.79 Å². The molecular formula is C17H21N3O3S. The van der Waals surface area contributed by atoms with Crippen molar-refractivity contribution in [3.63, 3.8) is 0 Å². The van der Waals surface area contributed by atoms with Crippen LogP contribution in [0.25, 0.3) is 0 Å². The Bertz CT molecular complexity index is 663. The fourth-order valence-corrected chi connectivity index (χ4v) is 3.35. The summed E-state index contributed by atoms with van der Waals surface area (Å²) in [7, 11) is 1.61. The molecule has 7 heteroatoms. The van der Waals surface area contributed by atoms with Crippen molar-refractivity contribution in [2.24, 2.45) is 0 Å². The predicted molar refractivity (Wildman–Crippen MR) is 94.0 cm³/mol. The molecule has 24 heavy (non-hydrogen) atoms. The van der Waals surface area contributed by atoms with Gasteiger partial charge >= 0.3 is 0 Å². The molecule has 1 saturated heterocycles. The highest BCUT2D eigenvalue weighted by atomic mass is 32.1. The third-order valence-corrected chi connectivity index (χ3v) is 4.77. The summed E-state index contributed by atoms with van der Waals surface area (Å²) in [6, 6.07) is 7.29. The van der Waals surface area contributed by atoms with Crippen LogP contribution in [0.1, 0.15) is 6.42 Å². The van der Waals surface area contributed by atoms with E-state index in [1.54, 1.807) is 24.5 Å². The molecule has 0 saturated carbocycles. The number of thiazole rings is 1. The smallest absolute Gasteiger partial charge is 0.260 e. The topological polar surface area (TPSA) is 54.9 Å². The molecule has 0 N–H and O–H groups in total. The van der Waals surface area contributed by atoms with Crippen molar-refractivity contribution >= 4 is 22.4 Å². The maximum atomic E-state index is 12.4. The second kappa shape index (κ2) is 8.01. The van der Waals surface area contributed by atoms with Gasteiger partial charge in [-0.05, 0) is 18.6 Å². The van der Waals surface area contributed by atoms with E-state index in [2.05, 4.69) is 9.88 Å². The molecular weight excluding hydrogens is 326 g/mol.